The smallest absolute Gasteiger partial charge is 0.148 e. The first kappa shape index (κ1) is 14.0. The summed E-state index contributed by atoms with van der Waals surface area (Å²) in [6, 6.07) is 0.350. The van der Waals surface area contributed by atoms with Crippen molar-refractivity contribution >= 4 is 11.6 Å². The molecule has 2 rings (SSSR count). The molecule has 1 aromatic rings. The van der Waals surface area contributed by atoms with Crippen LogP contribution in [-0.4, -0.2) is 28.7 Å². The molecule has 1 aromatic heterocycles. The lowest BCUT2D eigenvalue weighted by Gasteiger charge is -2.51. The van der Waals surface area contributed by atoms with E-state index >= 15 is 0 Å². The van der Waals surface area contributed by atoms with Gasteiger partial charge in [-0.3, -0.25) is 0 Å². The Morgan fingerprint density at radius 2 is 2.11 bits per heavy atom. The Morgan fingerprint density at radius 3 is 2.68 bits per heavy atom. The van der Waals surface area contributed by atoms with Crippen molar-refractivity contribution in [2.24, 2.45) is 11.3 Å². The van der Waals surface area contributed by atoms with E-state index in [0.717, 1.165) is 24.4 Å². The number of hydrogen-bond acceptors (Lipinski definition) is 6. The van der Waals surface area contributed by atoms with E-state index < -0.39 is 0 Å². The highest BCUT2D eigenvalue weighted by Crippen LogP contribution is 2.44. The van der Waals surface area contributed by atoms with Gasteiger partial charge in [0, 0.05) is 23.6 Å². The molecule has 2 unspecified atom stereocenters. The van der Waals surface area contributed by atoms with Crippen LogP contribution in [0.3, 0.4) is 0 Å². The van der Waals surface area contributed by atoms with Gasteiger partial charge in [0.15, 0.2) is 0 Å². The van der Waals surface area contributed by atoms with Crippen molar-refractivity contribution in [1.82, 2.24) is 9.97 Å². The Labute approximate surface area is 114 Å². The predicted octanol–water partition coefficient (Wildman–Crippen LogP) is 1.69. The zero-order valence-corrected chi connectivity index (χ0v) is 12.0. The van der Waals surface area contributed by atoms with Crippen molar-refractivity contribution in [2.75, 3.05) is 17.3 Å². The van der Waals surface area contributed by atoms with E-state index in [1.54, 1.807) is 0 Å². The molecule has 0 radical (unpaired) electrons. The predicted molar refractivity (Wildman–Crippen MR) is 75.8 cm³/mol. The maximum Gasteiger partial charge on any atom is 0.148 e. The van der Waals surface area contributed by atoms with E-state index in [1.807, 2.05) is 13.8 Å². The summed E-state index contributed by atoms with van der Waals surface area (Å²) in [5.41, 5.74) is 3.61. The second-order valence-corrected chi connectivity index (χ2v) is 5.54. The van der Waals surface area contributed by atoms with Crippen LogP contribution in [-0.2, 0) is 4.74 Å². The molecule has 1 saturated carbocycles. The van der Waals surface area contributed by atoms with Gasteiger partial charge in [0.2, 0.25) is 0 Å². The highest BCUT2D eigenvalue weighted by atomic mass is 16.5. The summed E-state index contributed by atoms with van der Waals surface area (Å²) in [5, 5.41) is 3.47. The van der Waals surface area contributed by atoms with Crippen LogP contribution in [0.5, 0.6) is 0 Å². The van der Waals surface area contributed by atoms with Crippen molar-refractivity contribution in [1.29, 1.82) is 0 Å². The van der Waals surface area contributed by atoms with Crippen molar-refractivity contribution in [2.45, 2.75) is 46.3 Å². The Kier molecular flexibility index (Phi) is 3.91. The van der Waals surface area contributed by atoms with Crippen LogP contribution >= 0.6 is 0 Å². The van der Waals surface area contributed by atoms with Gasteiger partial charge in [-0.2, -0.15) is 0 Å². The van der Waals surface area contributed by atoms with Gasteiger partial charge in [-0.25, -0.2) is 15.8 Å². The van der Waals surface area contributed by atoms with Crippen molar-refractivity contribution in [3.8, 4) is 0 Å². The number of nitrogens with two attached hydrogens (primary N) is 1. The first-order chi connectivity index (χ1) is 9.00. The van der Waals surface area contributed by atoms with E-state index in [-0.39, 0.29) is 5.41 Å². The lowest BCUT2D eigenvalue weighted by Crippen LogP contribution is -2.58. The fourth-order valence-electron chi connectivity index (χ4n) is 2.52. The molecule has 1 aliphatic rings. The molecule has 6 nitrogen and oxygen atoms in total. The third kappa shape index (κ3) is 2.50. The molecule has 1 aliphatic carbocycles. The SMILES string of the molecule is CCOC1CC(Nc2ncnc(NN)c2C)C1(C)C. The summed E-state index contributed by atoms with van der Waals surface area (Å²) in [7, 11) is 0. The number of nitrogens with zero attached hydrogens (tertiary/aromatic N) is 2. The van der Waals surface area contributed by atoms with Gasteiger partial charge in [-0.05, 0) is 20.3 Å². The summed E-state index contributed by atoms with van der Waals surface area (Å²) in [6.45, 7) is 9.17. The molecule has 0 saturated heterocycles. The summed E-state index contributed by atoms with van der Waals surface area (Å²) in [5.74, 6) is 6.90. The molecule has 0 amide bonds. The summed E-state index contributed by atoms with van der Waals surface area (Å²) in [6.07, 6.45) is 2.82. The van der Waals surface area contributed by atoms with E-state index in [9.17, 15) is 0 Å². The van der Waals surface area contributed by atoms with Gasteiger partial charge in [0.1, 0.15) is 18.0 Å². The highest BCUT2D eigenvalue weighted by Gasteiger charge is 2.49. The van der Waals surface area contributed by atoms with E-state index in [1.165, 1.54) is 6.33 Å². The van der Waals surface area contributed by atoms with Crippen molar-refractivity contribution in [3.63, 3.8) is 0 Å². The average molecular weight is 265 g/mol. The van der Waals surface area contributed by atoms with Gasteiger partial charge in [-0.1, -0.05) is 13.8 Å². The number of nitrogen functional groups attached to an aromatic ring is 1. The Morgan fingerprint density at radius 1 is 1.42 bits per heavy atom. The van der Waals surface area contributed by atoms with Crippen LogP contribution in [0.4, 0.5) is 11.6 Å². The number of anilines is 2. The van der Waals surface area contributed by atoms with E-state index in [0.29, 0.717) is 18.0 Å². The van der Waals surface area contributed by atoms with E-state index in [2.05, 4.69) is 34.6 Å². The summed E-state index contributed by atoms with van der Waals surface area (Å²) < 4.78 is 5.73. The number of rotatable bonds is 5. The van der Waals surface area contributed by atoms with Crippen LogP contribution in [0.25, 0.3) is 0 Å². The Hall–Kier alpha value is -1.40. The average Bonchev–Trinajstić information content (AvgIpc) is 2.39. The number of hydrogen-bond donors (Lipinski definition) is 3. The standard InChI is InChI=1S/C13H23N5O/c1-5-19-10-6-9(13(10,3)4)17-11-8(2)12(18-14)16-7-15-11/h7,9-10H,5-6,14H2,1-4H3,(H2,15,16,17,18). The van der Waals surface area contributed by atoms with Crippen molar-refractivity contribution in [3.05, 3.63) is 11.9 Å². The molecule has 6 heteroatoms. The first-order valence-corrected chi connectivity index (χ1v) is 6.67. The van der Waals surface area contributed by atoms with Crippen LogP contribution in [0.15, 0.2) is 6.33 Å². The number of ether oxygens (including phenoxy) is 1. The molecule has 106 valence electrons. The van der Waals surface area contributed by atoms with Gasteiger partial charge in [0.05, 0.1) is 6.10 Å². The second-order valence-electron chi connectivity index (χ2n) is 5.54. The van der Waals surface area contributed by atoms with Gasteiger partial charge in [0.25, 0.3) is 0 Å². The van der Waals surface area contributed by atoms with Gasteiger partial charge >= 0.3 is 0 Å². The molecular weight excluding hydrogens is 242 g/mol. The molecule has 0 spiro atoms. The summed E-state index contributed by atoms with van der Waals surface area (Å²) >= 11 is 0. The maximum atomic E-state index is 5.73. The molecule has 2 atom stereocenters. The largest absolute Gasteiger partial charge is 0.378 e. The zero-order chi connectivity index (χ0) is 14.0. The minimum Gasteiger partial charge on any atom is -0.378 e. The minimum absolute atomic E-state index is 0.101. The Bertz CT molecular complexity index is 449. The lowest BCUT2D eigenvalue weighted by atomic mass is 9.64. The van der Waals surface area contributed by atoms with Gasteiger partial charge < -0.3 is 15.5 Å². The number of hydrazine groups is 1. The van der Waals surface area contributed by atoms with Crippen LogP contribution in [0, 0.1) is 12.3 Å². The molecule has 4 N–H and O–H groups in total. The normalized spacial score (nSPS) is 24.7. The van der Waals surface area contributed by atoms with Crippen molar-refractivity contribution < 1.29 is 4.74 Å². The lowest BCUT2D eigenvalue weighted by molar-refractivity contribution is -0.0976. The molecule has 1 heterocycles. The van der Waals surface area contributed by atoms with E-state index in [4.69, 9.17) is 10.6 Å². The topological polar surface area (TPSA) is 85.1 Å². The molecule has 0 bridgehead atoms. The number of nitrogens with one attached hydrogen (secondary N) is 2. The fourth-order valence-corrected chi connectivity index (χ4v) is 2.52. The molecule has 1 fully saturated rings. The third-order valence-corrected chi connectivity index (χ3v) is 4.08. The third-order valence-electron chi connectivity index (χ3n) is 4.08. The molecule has 0 aromatic carbocycles. The fraction of sp³-hybridized carbons (Fsp3) is 0.692. The minimum atomic E-state index is 0.101. The van der Waals surface area contributed by atoms with Crippen LogP contribution in [0.2, 0.25) is 0 Å². The quantitative estimate of drug-likeness (QED) is 0.555. The zero-order valence-electron chi connectivity index (χ0n) is 12.0. The van der Waals surface area contributed by atoms with Gasteiger partial charge in [-0.15, -0.1) is 0 Å². The highest BCUT2D eigenvalue weighted by molar-refractivity contribution is 5.56. The Balaban J connectivity index is 2.07. The summed E-state index contributed by atoms with van der Waals surface area (Å²) in [4.78, 5) is 8.36. The molecule has 19 heavy (non-hydrogen) atoms. The number of aromatic nitrogens is 2. The first-order valence-electron chi connectivity index (χ1n) is 6.67. The van der Waals surface area contributed by atoms with Crippen LogP contribution < -0.4 is 16.6 Å². The molecule has 0 aliphatic heterocycles. The molecular formula is C13H23N5O. The maximum absolute atomic E-state index is 5.73. The monoisotopic (exact) mass is 265 g/mol. The second kappa shape index (κ2) is 5.30. The van der Waals surface area contributed by atoms with Crippen LogP contribution in [0.1, 0.15) is 32.8 Å².